The van der Waals surface area contributed by atoms with Crippen molar-refractivity contribution >= 4 is 11.8 Å². The van der Waals surface area contributed by atoms with Gasteiger partial charge in [0.15, 0.2) is 0 Å². The fourth-order valence-electron chi connectivity index (χ4n) is 2.33. The van der Waals surface area contributed by atoms with Crippen LogP contribution in [0.5, 0.6) is 0 Å². The van der Waals surface area contributed by atoms with Crippen LogP contribution in [0.25, 0.3) is 0 Å². The molecule has 0 spiro atoms. The van der Waals surface area contributed by atoms with Crippen molar-refractivity contribution in [3.8, 4) is 0 Å². The standard InChI is InChI=1S/C12H13F2N3O2/c13-12(14)6-11(7-12,5-9(15)18)17-10(19)8-3-1-2-4-16-8/h1-4H,5-7H2,(H2,15,18)(H,17,19). The zero-order chi connectivity index (χ0) is 14.1. The van der Waals surface area contributed by atoms with Gasteiger partial charge in [-0.15, -0.1) is 0 Å². The number of amides is 2. The number of alkyl halides is 2. The van der Waals surface area contributed by atoms with E-state index in [1.54, 1.807) is 12.1 Å². The van der Waals surface area contributed by atoms with Crippen LogP contribution >= 0.6 is 0 Å². The number of hydrogen-bond donors (Lipinski definition) is 2. The molecule has 0 bridgehead atoms. The smallest absolute Gasteiger partial charge is 0.270 e. The minimum atomic E-state index is -2.87. The van der Waals surface area contributed by atoms with E-state index in [0.717, 1.165) is 0 Å². The predicted octanol–water partition coefficient (Wildman–Crippen LogP) is 0.855. The largest absolute Gasteiger partial charge is 0.370 e. The summed E-state index contributed by atoms with van der Waals surface area (Å²) in [6.45, 7) is 0. The molecule has 102 valence electrons. The molecule has 1 aliphatic rings. The molecule has 19 heavy (non-hydrogen) atoms. The van der Waals surface area contributed by atoms with Crippen molar-refractivity contribution in [2.45, 2.75) is 30.7 Å². The minimum Gasteiger partial charge on any atom is -0.370 e. The van der Waals surface area contributed by atoms with E-state index in [-0.39, 0.29) is 12.1 Å². The molecule has 1 aromatic heterocycles. The van der Waals surface area contributed by atoms with Crippen molar-refractivity contribution in [2.75, 3.05) is 0 Å². The molecule has 1 aliphatic carbocycles. The van der Waals surface area contributed by atoms with Crippen LogP contribution in [0.3, 0.4) is 0 Å². The second kappa shape index (κ2) is 4.56. The van der Waals surface area contributed by atoms with Gasteiger partial charge in [0, 0.05) is 25.5 Å². The van der Waals surface area contributed by atoms with E-state index in [9.17, 15) is 18.4 Å². The van der Waals surface area contributed by atoms with Gasteiger partial charge in [-0.05, 0) is 12.1 Å². The molecule has 0 aromatic carbocycles. The normalized spacial score (nSPS) is 19.3. The van der Waals surface area contributed by atoms with Crippen molar-refractivity contribution in [3.63, 3.8) is 0 Å². The number of carbonyl (C=O) groups excluding carboxylic acids is 2. The maximum absolute atomic E-state index is 13.0. The Hall–Kier alpha value is -2.05. The van der Waals surface area contributed by atoms with Gasteiger partial charge >= 0.3 is 0 Å². The zero-order valence-electron chi connectivity index (χ0n) is 10.0. The first-order valence-electron chi connectivity index (χ1n) is 5.72. The van der Waals surface area contributed by atoms with E-state index >= 15 is 0 Å². The molecule has 2 rings (SSSR count). The molecule has 7 heteroatoms. The molecule has 0 saturated heterocycles. The van der Waals surface area contributed by atoms with Gasteiger partial charge in [-0.25, -0.2) is 8.78 Å². The first-order valence-corrected chi connectivity index (χ1v) is 5.72. The Balaban J connectivity index is 2.10. The van der Waals surface area contributed by atoms with Gasteiger partial charge < -0.3 is 11.1 Å². The van der Waals surface area contributed by atoms with E-state index < -0.39 is 36.1 Å². The van der Waals surface area contributed by atoms with Crippen LogP contribution in [-0.2, 0) is 4.79 Å². The Bertz CT molecular complexity index is 497. The topological polar surface area (TPSA) is 85.1 Å². The van der Waals surface area contributed by atoms with Gasteiger partial charge in [0.05, 0.1) is 5.54 Å². The van der Waals surface area contributed by atoms with Crippen molar-refractivity contribution in [1.82, 2.24) is 10.3 Å². The van der Waals surface area contributed by atoms with Gasteiger partial charge in [-0.3, -0.25) is 14.6 Å². The molecule has 1 aromatic rings. The fourth-order valence-corrected chi connectivity index (χ4v) is 2.33. The average Bonchev–Trinajstić information content (AvgIpc) is 2.26. The highest BCUT2D eigenvalue weighted by molar-refractivity contribution is 5.93. The molecule has 2 amide bonds. The summed E-state index contributed by atoms with van der Waals surface area (Å²) in [5.74, 6) is -4.18. The van der Waals surface area contributed by atoms with Gasteiger partial charge in [0.25, 0.3) is 11.8 Å². The van der Waals surface area contributed by atoms with Gasteiger partial charge in [-0.2, -0.15) is 0 Å². The molecule has 0 unspecified atom stereocenters. The molecular weight excluding hydrogens is 256 g/mol. The van der Waals surface area contributed by atoms with Crippen LogP contribution in [0.1, 0.15) is 29.8 Å². The average molecular weight is 269 g/mol. The van der Waals surface area contributed by atoms with Crippen LogP contribution < -0.4 is 11.1 Å². The second-order valence-corrected chi connectivity index (χ2v) is 4.80. The van der Waals surface area contributed by atoms with Gasteiger partial charge in [0.1, 0.15) is 5.69 Å². The first kappa shape index (κ1) is 13.4. The number of carbonyl (C=O) groups is 2. The molecule has 0 atom stereocenters. The third-order valence-corrected chi connectivity index (χ3v) is 2.98. The lowest BCUT2D eigenvalue weighted by atomic mass is 9.71. The molecule has 1 fully saturated rings. The van der Waals surface area contributed by atoms with Crippen molar-refractivity contribution in [3.05, 3.63) is 30.1 Å². The maximum Gasteiger partial charge on any atom is 0.270 e. The highest BCUT2D eigenvalue weighted by Crippen LogP contribution is 2.47. The van der Waals surface area contributed by atoms with Gasteiger partial charge in [0.2, 0.25) is 5.91 Å². The number of nitrogens with two attached hydrogens (primary N) is 1. The lowest BCUT2D eigenvalue weighted by molar-refractivity contribution is -0.142. The van der Waals surface area contributed by atoms with Crippen LogP contribution in [0.4, 0.5) is 8.78 Å². The molecular formula is C12H13F2N3O2. The Labute approximate surface area is 108 Å². The number of primary amides is 1. The van der Waals surface area contributed by atoms with E-state index in [2.05, 4.69) is 10.3 Å². The first-order chi connectivity index (χ1) is 8.82. The number of hydrogen-bond acceptors (Lipinski definition) is 3. The molecule has 1 saturated carbocycles. The lowest BCUT2D eigenvalue weighted by Gasteiger charge is -2.47. The number of nitrogens with zero attached hydrogens (tertiary/aromatic N) is 1. The van der Waals surface area contributed by atoms with Crippen LogP contribution in [-0.4, -0.2) is 28.3 Å². The Morgan fingerprint density at radius 1 is 1.37 bits per heavy atom. The quantitative estimate of drug-likeness (QED) is 0.850. The Morgan fingerprint density at radius 3 is 2.53 bits per heavy atom. The highest BCUT2D eigenvalue weighted by atomic mass is 19.3. The SMILES string of the molecule is NC(=O)CC1(NC(=O)c2ccccn2)CC(F)(F)C1. The van der Waals surface area contributed by atoms with E-state index in [4.69, 9.17) is 5.73 Å². The third-order valence-electron chi connectivity index (χ3n) is 2.98. The van der Waals surface area contributed by atoms with Crippen LogP contribution in [0.15, 0.2) is 24.4 Å². The molecule has 0 aliphatic heterocycles. The molecule has 3 N–H and O–H groups in total. The number of rotatable bonds is 4. The van der Waals surface area contributed by atoms with Gasteiger partial charge in [-0.1, -0.05) is 6.07 Å². The summed E-state index contributed by atoms with van der Waals surface area (Å²) < 4.78 is 26.0. The maximum atomic E-state index is 13.0. The van der Waals surface area contributed by atoms with E-state index in [0.29, 0.717) is 0 Å². The van der Waals surface area contributed by atoms with Crippen molar-refractivity contribution in [1.29, 1.82) is 0 Å². The minimum absolute atomic E-state index is 0.113. The van der Waals surface area contributed by atoms with E-state index in [1.165, 1.54) is 12.3 Å². The summed E-state index contributed by atoms with van der Waals surface area (Å²) in [6, 6.07) is 4.70. The second-order valence-electron chi connectivity index (χ2n) is 4.80. The zero-order valence-corrected chi connectivity index (χ0v) is 10.0. The van der Waals surface area contributed by atoms with Crippen molar-refractivity contribution < 1.29 is 18.4 Å². The summed E-state index contributed by atoms with van der Waals surface area (Å²) in [4.78, 5) is 26.6. The highest BCUT2D eigenvalue weighted by Gasteiger charge is 2.57. The summed E-state index contributed by atoms with van der Waals surface area (Å²) in [5, 5.41) is 2.45. The number of aromatic nitrogens is 1. The predicted molar refractivity (Wildman–Crippen MR) is 62.4 cm³/mol. The fraction of sp³-hybridized carbons (Fsp3) is 0.417. The third kappa shape index (κ3) is 3.04. The summed E-state index contributed by atoms with van der Waals surface area (Å²) in [5.41, 5.74) is 3.89. The summed E-state index contributed by atoms with van der Waals surface area (Å²) in [6.07, 6.45) is -0.0464. The Morgan fingerprint density at radius 2 is 2.05 bits per heavy atom. The van der Waals surface area contributed by atoms with Crippen LogP contribution in [0.2, 0.25) is 0 Å². The summed E-state index contributed by atoms with van der Waals surface area (Å²) in [7, 11) is 0. The van der Waals surface area contributed by atoms with Crippen LogP contribution in [0, 0.1) is 0 Å². The monoisotopic (exact) mass is 269 g/mol. The lowest BCUT2D eigenvalue weighted by Crippen LogP contribution is -2.63. The number of nitrogens with one attached hydrogen (secondary N) is 1. The number of halogens is 2. The Kier molecular flexibility index (Phi) is 3.21. The summed E-state index contributed by atoms with van der Waals surface area (Å²) >= 11 is 0. The molecule has 5 nitrogen and oxygen atoms in total. The number of pyridine rings is 1. The van der Waals surface area contributed by atoms with Crippen molar-refractivity contribution in [2.24, 2.45) is 5.73 Å². The molecule has 0 radical (unpaired) electrons. The molecule has 1 heterocycles. The van der Waals surface area contributed by atoms with E-state index in [1.807, 2.05) is 0 Å².